The lowest BCUT2D eigenvalue weighted by atomic mass is 9.84. The molecule has 0 heterocycles. The van der Waals surface area contributed by atoms with Crippen molar-refractivity contribution in [2.75, 3.05) is 0 Å². The first kappa shape index (κ1) is 10.8. The lowest BCUT2D eigenvalue weighted by Crippen LogP contribution is -2.25. The average Bonchev–Trinajstić information content (AvgIpc) is 2.23. The molecule has 16 heavy (non-hydrogen) atoms. The fourth-order valence-corrected chi connectivity index (χ4v) is 2.16. The van der Waals surface area contributed by atoms with Crippen molar-refractivity contribution in [3.8, 4) is 0 Å². The molecule has 0 atom stereocenters. The van der Waals surface area contributed by atoms with E-state index in [1.807, 2.05) is 32.0 Å². The van der Waals surface area contributed by atoms with Gasteiger partial charge in [0.1, 0.15) is 5.60 Å². The number of rotatable bonds is 1. The van der Waals surface area contributed by atoms with E-state index in [-0.39, 0.29) is 0 Å². The predicted molar refractivity (Wildman–Crippen MR) is 65.8 cm³/mol. The zero-order valence-corrected chi connectivity index (χ0v) is 9.49. The second-order valence-corrected chi connectivity index (χ2v) is 4.21. The minimum Gasteiger partial charge on any atom is -0.377 e. The monoisotopic (exact) mass is 213 g/mol. The van der Waals surface area contributed by atoms with Gasteiger partial charge in [-0.3, -0.25) is 0 Å². The first-order valence-electron chi connectivity index (χ1n) is 5.29. The molecular formula is C14H15NO. The highest BCUT2D eigenvalue weighted by molar-refractivity contribution is 6.02. The van der Waals surface area contributed by atoms with Gasteiger partial charge < -0.3 is 10.5 Å². The molecule has 0 radical (unpaired) electrons. The van der Waals surface area contributed by atoms with E-state index in [2.05, 4.69) is 0 Å². The number of aliphatic hydroxyl groups is 1. The van der Waals surface area contributed by atoms with Gasteiger partial charge in [-0.1, -0.05) is 18.2 Å². The van der Waals surface area contributed by atoms with Crippen molar-refractivity contribution in [1.82, 2.24) is 0 Å². The van der Waals surface area contributed by atoms with Crippen LogP contribution in [0.5, 0.6) is 0 Å². The molecule has 2 rings (SSSR count). The van der Waals surface area contributed by atoms with Gasteiger partial charge in [0, 0.05) is 0 Å². The maximum atomic E-state index is 10.6. The molecule has 0 saturated heterocycles. The van der Waals surface area contributed by atoms with Crippen LogP contribution in [0.3, 0.4) is 0 Å². The number of nitrogens with one attached hydrogen (secondary N) is 1. The Balaban J connectivity index is 2.57. The smallest absolute Gasteiger partial charge is 0.128 e. The molecule has 0 bridgehead atoms. The molecule has 1 aromatic rings. The summed E-state index contributed by atoms with van der Waals surface area (Å²) in [5, 5.41) is 18.0. The Kier molecular flexibility index (Phi) is 2.52. The summed E-state index contributed by atoms with van der Waals surface area (Å²) < 4.78 is 0. The van der Waals surface area contributed by atoms with Gasteiger partial charge in [0.15, 0.2) is 0 Å². The van der Waals surface area contributed by atoms with Crippen molar-refractivity contribution < 1.29 is 5.11 Å². The number of allylic oxidation sites excluding steroid dienone is 2. The number of hydrogen-bond acceptors (Lipinski definition) is 2. The van der Waals surface area contributed by atoms with E-state index >= 15 is 0 Å². The maximum Gasteiger partial charge on any atom is 0.128 e. The van der Waals surface area contributed by atoms with Gasteiger partial charge in [-0.2, -0.15) is 0 Å². The SMILES string of the molecule is Cc1cccc(C)c1C1(O)C=CC(=N)C=C1. The summed E-state index contributed by atoms with van der Waals surface area (Å²) in [4.78, 5) is 0. The molecule has 1 aliphatic carbocycles. The molecular weight excluding hydrogens is 198 g/mol. The summed E-state index contributed by atoms with van der Waals surface area (Å²) in [5.74, 6) is 0. The van der Waals surface area contributed by atoms with Gasteiger partial charge in [0.2, 0.25) is 0 Å². The predicted octanol–water partition coefficient (Wildman–Crippen LogP) is 2.64. The van der Waals surface area contributed by atoms with Crippen LogP contribution in [0.4, 0.5) is 0 Å². The van der Waals surface area contributed by atoms with E-state index in [1.165, 1.54) is 0 Å². The Hall–Kier alpha value is -1.67. The van der Waals surface area contributed by atoms with Crippen molar-refractivity contribution in [3.05, 3.63) is 59.2 Å². The molecule has 2 heteroatoms. The molecule has 2 N–H and O–H groups in total. The zero-order valence-electron chi connectivity index (χ0n) is 9.49. The van der Waals surface area contributed by atoms with Crippen LogP contribution in [0.25, 0.3) is 0 Å². The topological polar surface area (TPSA) is 44.1 Å². The van der Waals surface area contributed by atoms with Crippen LogP contribution in [0.15, 0.2) is 42.5 Å². The van der Waals surface area contributed by atoms with Crippen LogP contribution in [0.1, 0.15) is 16.7 Å². The van der Waals surface area contributed by atoms with E-state index in [0.717, 1.165) is 16.7 Å². The molecule has 2 nitrogen and oxygen atoms in total. The van der Waals surface area contributed by atoms with Crippen LogP contribution in [0.2, 0.25) is 0 Å². The minimum atomic E-state index is -1.07. The molecule has 1 aliphatic rings. The molecule has 0 aliphatic heterocycles. The normalized spacial score (nSPS) is 23.8. The van der Waals surface area contributed by atoms with Crippen LogP contribution in [-0.2, 0) is 5.60 Å². The zero-order chi connectivity index (χ0) is 11.8. The van der Waals surface area contributed by atoms with Gasteiger partial charge in [0.25, 0.3) is 0 Å². The summed E-state index contributed by atoms with van der Waals surface area (Å²) in [6.45, 7) is 3.98. The van der Waals surface area contributed by atoms with Crippen molar-refractivity contribution in [2.45, 2.75) is 19.4 Å². The third kappa shape index (κ3) is 1.72. The van der Waals surface area contributed by atoms with Gasteiger partial charge >= 0.3 is 0 Å². The second kappa shape index (κ2) is 3.72. The molecule has 0 fully saturated rings. The van der Waals surface area contributed by atoms with E-state index < -0.39 is 5.60 Å². The van der Waals surface area contributed by atoms with Crippen molar-refractivity contribution in [1.29, 1.82) is 5.41 Å². The summed E-state index contributed by atoms with van der Waals surface area (Å²) in [6, 6.07) is 5.96. The molecule has 1 aromatic carbocycles. The summed E-state index contributed by atoms with van der Waals surface area (Å²) in [7, 11) is 0. The van der Waals surface area contributed by atoms with Crippen molar-refractivity contribution in [3.63, 3.8) is 0 Å². The van der Waals surface area contributed by atoms with Gasteiger partial charge in [-0.05, 0) is 54.8 Å². The third-order valence-corrected chi connectivity index (χ3v) is 2.92. The standard InChI is InChI=1S/C14H15NO/c1-10-4-3-5-11(2)13(10)14(16)8-6-12(15)7-9-14/h3-9,15-16H,1-2H3. The Morgan fingerprint density at radius 1 is 1.06 bits per heavy atom. The molecule has 0 amide bonds. The van der Waals surface area contributed by atoms with Crippen LogP contribution in [-0.4, -0.2) is 10.8 Å². The fraction of sp³-hybridized carbons (Fsp3) is 0.214. The van der Waals surface area contributed by atoms with Gasteiger partial charge in [-0.15, -0.1) is 0 Å². The maximum absolute atomic E-state index is 10.6. The Labute approximate surface area is 95.4 Å². The van der Waals surface area contributed by atoms with Gasteiger partial charge in [-0.25, -0.2) is 0 Å². The molecule has 0 spiro atoms. The first-order chi connectivity index (χ1) is 7.53. The summed E-state index contributed by atoms with van der Waals surface area (Å²) >= 11 is 0. The molecule has 0 aromatic heterocycles. The van der Waals surface area contributed by atoms with E-state index in [9.17, 15) is 5.11 Å². The van der Waals surface area contributed by atoms with Crippen LogP contribution >= 0.6 is 0 Å². The first-order valence-corrected chi connectivity index (χ1v) is 5.29. The summed E-state index contributed by atoms with van der Waals surface area (Å²) in [5.41, 5.74) is 2.38. The number of hydrogen-bond donors (Lipinski definition) is 2. The lowest BCUT2D eigenvalue weighted by Gasteiger charge is -2.27. The van der Waals surface area contributed by atoms with Crippen molar-refractivity contribution in [2.24, 2.45) is 0 Å². The highest BCUT2D eigenvalue weighted by Crippen LogP contribution is 2.31. The van der Waals surface area contributed by atoms with E-state index in [1.54, 1.807) is 24.3 Å². The Morgan fingerprint density at radius 2 is 1.56 bits per heavy atom. The van der Waals surface area contributed by atoms with E-state index in [0.29, 0.717) is 5.71 Å². The largest absolute Gasteiger partial charge is 0.377 e. The lowest BCUT2D eigenvalue weighted by molar-refractivity contribution is 0.141. The summed E-state index contributed by atoms with van der Waals surface area (Å²) in [6.07, 6.45) is 6.60. The molecule has 0 unspecified atom stereocenters. The average molecular weight is 213 g/mol. The fourth-order valence-electron chi connectivity index (χ4n) is 2.16. The molecule has 82 valence electrons. The van der Waals surface area contributed by atoms with Crippen LogP contribution < -0.4 is 0 Å². The Morgan fingerprint density at radius 3 is 2.06 bits per heavy atom. The quantitative estimate of drug-likeness (QED) is 0.740. The van der Waals surface area contributed by atoms with Gasteiger partial charge in [0.05, 0.1) is 5.71 Å². The van der Waals surface area contributed by atoms with Crippen LogP contribution in [0, 0.1) is 19.3 Å². The van der Waals surface area contributed by atoms with Crippen molar-refractivity contribution >= 4 is 5.71 Å². The third-order valence-electron chi connectivity index (χ3n) is 2.92. The molecule has 0 saturated carbocycles. The highest BCUT2D eigenvalue weighted by atomic mass is 16.3. The number of aryl methyl sites for hydroxylation is 2. The highest BCUT2D eigenvalue weighted by Gasteiger charge is 2.27. The Bertz CT molecular complexity index is 461. The second-order valence-electron chi connectivity index (χ2n) is 4.21. The van der Waals surface area contributed by atoms with E-state index in [4.69, 9.17) is 5.41 Å². The number of benzene rings is 1. The minimum absolute atomic E-state index is 0.413.